The van der Waals surface area contributed by atoms with E-state index in [1.165, 1.54) is 0 Å². The number of halogens is 3. The van der Waals surface area contributed by atoms with Crippen LogP contribution in [0.5, 0.6) is 5.75 Å². The first-order chi connectivity index (χ1) is 14.9. The highest BCUT2D eigenvalue weighted by molar-refractivity contribution is 6.39. The molecular weight excluding hydrogens is 457 g/mol. The third kappa shape index (κ3) is 3.95. The van der Waals surface area contributed by atoms with Crippen molar-refractivity contribution in [2.75, 3.05) is 0 Å². The lowest BCUT2D eigenvalue weighted by atomic mass is 9.68. The fourth-order valence-corrected chi connectivity index (χ4v) is 5.40. The zero-order valence-corrected chi connectivity index (χ0v) is 19.3. The monoisotopic (exact) mass is 477 g/mol. The van der Waals surface area contributed by atoms with Gasteiger partial charge in [0, 0.05) is 17.0 Å². The predicted molar refractivity (Wildman–Crippen MR) is 122 cm³/mol. The molecule has 1 N–H and O–H groups in total. The lowest BCUT2D eigenvalue weighted by Gasteiger charge is -2.42. The summed E-state index contributed by atoms with van der Waals surface area (Å²) in [5.41, 5.74) is 2.03. The van der Waals surface area contributed by atoms with Crippen LogP contribution in [0.3, 0.4) is 0 Å². The molecule has 4 nitrogen and oxygen atoms in total. The van der Waals surface area contributed by atoms with Gasteiger partial charge in [-0.2, -0.15) is 0 Å². The van der Waals surface area contributed by atoms with Gasteiger partial charge in [0.2, 0.25) is 0 Å². The molecule has 1 heterocycles. The molecule has 2 aliphatic rings. The van der Waals surface area contributed by atoms with Crippen molar-refractivity contribution in [1.82, 2.24) is 5.16 Å². The number of nitrogens with zero attached hydrogens (tertiary/aromatic N) is 1. The van der Waals surface area contributed by atoms with Crippen LogP contribution in [-0.4, -0.2) is 10.3 Å². The van der Waals surface area contributed by atoms with Gasteiger partial charge in [-0.25, -0.2) is 0 Å². The molecule has 5 rings (SSSR count). The molecule has 2 aliphatic carbocycles. The summed E-state index contributed by atoms with van der Waals surface area (Å²) >= 11 is 19.3. The SMILES string of the molecule is CC1CC(O)(c2ccc(OCc3c(-c4c(Cl)cccc4Cl)noc3C3CC3)cc2Cl)C1. The maximum Gasteiger partial charge on any atom is 0.147 e. The van der Waals surface area contributed by atoms with Crippen LogP contribution in [0, 0.1) is 5.92 Å². The van der Waals surface area contributed by atoms with Crippen molar-refractivity contribution in [1.29, 1.82) is 0 Å². The van der Waals surface area contributed by atoms with E-state index >= 15 is 0 Å². The van der Waals surface area contributed by atoms with Gasteiger partial charge in [0.1, 0.15) is 23.8 Å². The first kappa shape index (κ1) is 21.1. The van der Waals surface area contributed by atoms with Gasteiger partial charge >= 0.3 is 0 Å². The second-order valence-corrected chi connectivity index (χ2v) is 9.94. The Labute approximate surface area is 196 Å². The molecule has 2 saturated carbocycles. The molecule has 0 unspecified atom stereocenters. The lowest BCUT2D eigenvalue weighted by Crippen LogP contribution is -2.39. The number of hydrogen-bond donors (Lipinski definition) is 1. The molecule has 0 bridgehead atoms. The molecule has 3 aromatic rings. The van der Waals surface area contributed by atoms with Gasteiger partial charge in [0.25, 0.3) is 0 Å². The van der Waals surface area contributed by atoms with Crippen LogP contribution in [-0.2, 0) is 12.2 Å². The Balaban J connectivity index is 1.42. The summed E-state index contributed by atoms with van der Waals surface area (Å²) < 4.78 is 11.8. The minimum Gasteiger partial charge on any atom is -0.489 e. The molecule has 7 heteroatoms. The third-order valence-corrected chi connectivity index (χ3v) is 7.11. The Morgan fingerprint density at radius 1 is 1.10 bits per heavy atom. The second-order valence-electron chi connectivity index (χ2n) is 8.72. The third-order valence-electron chi connectivity index (χ3n) is 6.16. The van der Waals surface area contributed by atoms with E-state index in [1.54, 1.807) is 24.3 Å². The number of benzene rings is 2. The molecule has 0 radical (unpaired) electrons. The fraction of sp³-hybridized carbons (Fsp3) is 0.375. The molecule has 31 heavy (non-hydrogen) atoms. The summed E-state index contributed by atoms with van der Waals surface area (Å²) in [6.07, 6.45) is 3.57. The van der Waals surface area contributed by atoms with Gasteiger partial charge in [0.05, 0.1) is 26.2 Å². The van der Waals surface area contributed by atoms with E-state index in [0.717, 1.165) is 42.6 Å². The van der Waals surface area contributed by atoms with Crippen molar-refractivity contribution in [2.24, 2.45) is 5.92 Å². The molecule has 2 aromatic carbocycles. The first-order valence-corrected chi connectivity index (χ1v) is 11.6. The van der Waals surface area contributed by atoms with Crippen LogP contribution in [0.2, 0.25) is 15.1 Å². The maximum atomic E-state index is 10.8. The molecule has 0 amide bonds. The summed E-state index contributed by atoms with van der Waals surface area (Å²) in [5.74, 6) is 2.29. The Morgan fingerprint density at radius 2 is 1.81 bits per heavy atom. The molecular formula is C24H22Cl3NO3. The molecule has 0 atom stereocenters. The van der Waals surface area contributed by atoms with Crippen LogP contribution in [0.15, 0.2) is 40.9 Å². The number of ether oxygens (including phenoxy) is 1. The van der Waals surface area contributed by atoms with E-state index in [2.05, 4.69) is 12.1 Å². The fourth-order valence-electron chi connectivity index (χ4n) is 4.48. The highest BCUT2D eigenvalue weighted by Gasteiger charge is 2.42. The number of aliphatic hydroxyl groups is 1. The minimum absolute atomic E-state index is 0.253. The Hall–Kier alpha value is -1.72. The van der Waals surface area contributed by atoms with Gasteiger partial charge in [-0.15, -0.1) is 0 Å². The molecule has 0 saturated heterocycles. The van der Waals surface area contributed by atoms with Crippen molar-refractivity contribution >= 4 is 34.8 Å². The van der Waals surface area contributed by atoms with Crippen molar-refractivity contribution in [3.8, 4) is 17.0 Å². The van der Waals surface area contributed by atoms with Gasteiger partial charge in [-0.05, 0) is 55.9 Å². The van der Waals surface area contributed by atoms with Gasteiger partial charge in [0.15, 0.2) is 0 Å². The van der Waals surface area contributed by atoms with Crippen LogP contribution >= 0.6 is 34.8 Å². The molecule has 0 spiro atoms. The number of aromatic nitrogens is 1. The van der Waals surface area contributed by atoms with Crippen molar-refractivity contribution in [3.63, 3.8) is 0 Å². The smallest absolute Gasteiger partial charge is 0.147 e. The Morgan fingerprint density at radius 3 is 2.42 bits per heavy atom. The standard InChI is InChI=1S/C24H22Cl3NO3/c1-13-10-24(29,11-13)17-8-7-15(9-20(17)27)30-12-16-22(28-31-23(16)14-5-6-14)21-18(25)3-2-4-19(21)26/h2-4,7-9,13-14,29H,5-6,10-12H2,1H3. The van der Waals surface area contributed by atoms with E-state index in [1.807, 2.05) is 12.1 Å². The highest BCUT2D eigenvalue weighted by Crippen LogP contribution is 2.48. The zero-order valence-electron chi connectivity index (χ0n) is 17.0. The van der Waals surface area contributed by atoms with E-state index in [0.29, 0.717) is 43.9 Å². The summed E-state index contributed by atoms with van der Waals surface area (Å²) in [7, 11) is 0. The predicted octanol–water partition coefficient (Wildman–Crippen LogP) is 7.38. The topological polar surface area (TPSA) is 55.5 Å². The van der Waals surface area contributed by atoms with Crippen LogP contribution in [0.25, 0.3) is 11.3 Å². The van der Waals surface area contributed by atoms with E-state index in [9.17, 15) is 5.11 Å². The highest BCUT2D eigenvalue weighted by atomic mass is 35.5. The normalized spacial score (nSPS) is 22.9. The molecule has 1 aromatic heterocycles. The quantitative estimate of drug-likeness (QED) is 0.401. The van der Waals surface area contributed by atoms with E-state index in [4.69, 9.17) is 44.1 Å². The largest absolute Gasteiger partial charge is 0.489 e. The van der Waals surface area contributed by atoms with E-state index in [-0.39, 0.29) is 6.61 Å². The summed E-state index contributed by atoms with van der Waals surface area (Å²) in [5, 5.41) is 16.6. The van der Waals surface area contributed by atoms with Gasteiger partial charge in [-0.1, -0.05) is 59.0 Å². The van der Waals surface area contributed by atoms with Crippen molar-refractivity contribution in [3.05, 3.63) is 68.4 Å². The van der Waals surface area contributed by atoms with Gasteiger partial charge < -0.3 is 14.4 Å². The van der Waals surface area contributed by atoms with Crippen LogP contribution in [0.1, 0.15) is 55.4 Å². The summed E-state index contributed by atoms with van der Waals surface area (Å²) in [6.45, 7) is 2.38. The average molecular weight is 479 g/mol. The molecule has 2 fully saturated rings. The Kier molecular flexibility index (Phi) is 5.46. The second kappa shape index (κ2) is 8.00. The van der Waals surface area contributed by atoms with Crippen LogP contribution in [0.4, 0.5) is 0 Å². The first-order valence-electron chi connectivity index (χ1n) is 10.4. The van der Waals surface area contributed by atoms with Crippen molar-refractivity contribution < 1.29 is 14.4 Å². The summed E-state index contributed by atoms with van der Waals surface area (Å²) in [4.78, 5) is 0. The number of rotatable bonds is 6. The van der Waals surface area contributed by atoms with Gasteiger partial charge in [-0.3, -0.25) is 0 Å². The Bertz CT molecular complexity index is 1110. The summed E-state index contributed by atoms with van der Waals surface area (Å²) in [6, 6.07) is 10.8. The lowest BCUT2D eigenvalue weighted by molar-refractivity contribution is -0.0737. The zero-order chi connectivity index (χ0) is 21.8. The maximum absolute atomic E-state index is 10.8. The average Bonchev–Trinajstić information content (AvgIpc) is 3.46. The minimum atomic E-state index is -0.837. The van der Waals surface area contributed by atoms with Crippen LogP contribution < -0.4 is 4.74 Å². The number of hydrogen-bond acceptors (Lipinski definition) is 4. The molecule has 162 valence electrons. The molecule has 0 aliphatic heterocycles. The van der Waals surface area contributed by atoms with Crippen molar-refractivity contribution in [2.45, 2.75) is 50.7 Å². The van der Waals surface area contributed by atoms with E-state index < -0.39 is 5.60 Å².